The average molecular weight is 408 g/mol. The zero-order valence-corrected chi connectivity index (χ0v) is 17.4. The molecule has 0 unspecified atom stereocenters. The molecule has 2 aromatic rings. The van der Waals surface area contributed by atoms with Crippen molar-refractivity contribution in [3.05, 3.63) is 41.7 Å². The largest absolute Gasteiger partial charge is 0.493 e. The maximum absolute atomic E-state index is 12.4. The predicted octanol–water partition coefficient (Wildman–Crippen LogP) is 2.98. The molecule has 1 aromatic heterocycles. The van der Waals surface area contributed by atoms with E-state index in [9.17, 15) is 4.79 Å². The Balaban J connectivity index is 0.00000280. The van der Waals surface area contributed by atoms with Crippen LogP contribution in [-0.4, -0.2) is 40.6 Å². The van der Waals surface area contributed by atoms with E-state index in [1.54, 1.807) is 6.20 Å². The maximum Gasteiger partial charge on any atom is 0.273 e. The molecule has 2 heterocycles. The van der Waals surface area contributed by atoms with Crippen molar-refractivity contribution >= 4 is 18.3 Å². The Morgan fingerprint density at radius 3 is 2.82 bits per heavy atom. The number of ether oxygens (including phenoxy) is 1. The van der Waals surface area contributed by atoms with Gasteiger partial charge >= 0.3 is 0 Å². The summed E-state index contributed by atoms with van der Waals surface area (Å²) in [5.41, 5.74) is 1.31. The van der Waals surface area contributed by atoms with Crippen LogP contribution in [0.1, 0.15) is 55.2 Å². The molecule has 3 rings (SSSR count). The first kappa shape index (κ1) is 22.2. The second kappa shape index (κ2) is 11.0. The number of carbonyl (C=O) groups is 1. The van der Waals surface area contributed by atoms with Crippen LogP contribution >= 0.6 is 12.4 Å². The highest BCUT2D eigenvalue weighted by molar-refractivity contribution is 5.91. The molecular weight excluding hydrogens is 378 g/mol. The topological polar surface area (TPSA) is 81.1 Å². The maximum atomic E-state index is 12.4. The molecule has 1 aliphatic rings. The summed E-state index contributed by atoms with van der Waals surface area (Å²) in [5.74, 6) is 1.20. The molecule has 1 aromatic carbocycles. The highest BCUT2D eigenvalue weighted by atomic mass is 35.5. The number of amides is 1. The highest BCUT2D eigenvalue weighted by Gasteiger charge is 2.18. The summed E-state index contributed by atoms with van der Waals surface area (Å²) in [6, 6.07) is 8.12. The number of hydrogen-bond acceptors (Lipinski definition) is 5. The molecule has 2 N–H and O–H groups in total. The lowest BCUT2D eigenvalue weighted by atomic mass is 10.1. The first-order valence-corrected chi connectivity index (χ1v) is 9.75. The third kappa shape index (κ3) is 6.21. The molecule has 1 fully saturated rings. The Bertz CT molecular complexity index is 744. The van der Waals surface area contributed by atoms with Gasteiger partial charge in [0.05, 0.1) is 18.8 Å². The van der Waals surface area contributed by atoms with E-state index in [-0.39, 0.29) is 18.3 Å². The fraction of sp³-hybridized carbons (Fsp3) is 0.550. The van der Waals surface area contributed by atoms with E-state index in [2.05, 4.69) is 34.8 Å². The van der Waals surface area contributed by atoms with Gasteiger partial charge in [0, 0.05) is 12.1 Å². The van der Waals surface area contributed by atoms with E-state index in [4.69, 9.17) is 4.74 Å². The van der Waals surface area contributed by atoms with Gasteiger partial charge in [-0.2, -0.15) is 0 Å². The number of hydrogen-bond donors (Lipinski definition) is 2. The van der Waals surface area contributed by atoms with Crippen LogP contribution in [-0.2, 0) is 6.54 Å². The molecular formula is C20H30ClN5O2. The minimum Gasteiger partial charge on any atom is -0.493 e. The highest BCUT2D eigenvalue weighted by Crippen LogP contribution is 2.19. The van der Waals surface area contributed by atoms with Crippen LogP contribution in [0.3, 0.4) is 0 Å². The number of rotatable bonds is 8. The van der Waals surface area contributed by atoms with E-state index in [1.165, 1.54) is 0 Å². The molecule has 0 bridgehead atoms. The molecule has 1 aliphatic heterocycles. The van der Waals surface area contributed by atoms with Crippen molar-refractivity contribution in [2.24, 2.45) is 5.92 Å². The summed E-state index contributed by atoms with van der Waals surface area (Å²) in [7, 11) is 0. The molecule has 0 atom stereocenters. The number of nitrogens with zero attached hydrogens (tertiary/aromatic N) is 3. The van der Waals surface area contributed by atoms with Crippen LogP contribution in [0, 0.1) is 5.92 Å². The Hall–Kier alpha value is -2.12. The Kier molecular flexibility index (Phi) is 8.73. The Morgan fingerprint density at radius 2 is 2.07 bits per heavy atom. The molecule has 7 nitrogen and oxygen atoms in total. The van der Waals surface area contributed by atoms with E-state index in [0.717, 1.165) is 43.7 Å². The summed E-state index contributed by atoms with van der Waals surface area (Å²) in [5, 5.41) is 14.4. The van der Waals surface area contributed by atoms with Crippen LogP contribution < -0.4 is 15.4 Å². The van der Waals surface area contributed by atoms with Crippen molar-refractivity contribution in [3.8, 4) is 5.75 Å². The molecule has 1 amide bonds. The molecule has 0 aliphatic carbocycles. The third-order valence-electron chi connectivity index (χ3n) is 4.79. The van der Waals surface area contributed by atoms with Gasteiger partial charge in [-0.1, -0.05) is 37.3 Å². The van der Waals surface area contributed by atoms with E-state index >= 15 is 0 Å². The predicted molar refractivity (Wildman–Crippen MR) is 111 cm³/mol. The minimum absolute atomic E-state index is 0. The van der Waals surface area contributed by atoms with Gasteiger partial charge in [0.1, 0.15) is 5.75 Å². The first-order valence-electron chi connectivity index (χ1n) is 9.75. The summed E-state index contributed by atoms with van der Waals surface area (Å²) in [6.07, 6.45) is 4.76. The standard InChI is InChI=1S/C20H29N5O2.ClH/c1-15(2)9-12-27-19-6-4-3-5-16(19)13-22-20(26)18-14-25(24-23-18)17-7-10-21-11-8-17;/h3-6,14-15,17,21H,7-13H2,1-2H3,(H,22,26);1H. The summed E-state index contributed by atoms with van der Waals surface area (Å²) < 4.78 is 7.70. The number of carbonyl (C=O) groups excluding carboxylic acids is 1. The van der Waals surface area contributed by atoms with Crippen LogP contribution in [0.5, 0.6) is 5.75 Å². The average Bonchev–Trinajstić information content (AvgIpc) is 3.18. The number of piperidine rings is 1. The fourth-order valence-electron chi connectivity index (χ4n) is 3.09. The summed E-state index contributed by atoms with van der Waals surface area (Å²) in [6.45, 7) is 7.36. The lowest BCUT2D eigenvalue weighted by Gasteiger charge is -2.22. The third-order valence-corrected chi connectivity index (χ3v) is 4.79. The van der Waals surface area contributed by atoms with Gasteiger partial charge in [0.2, 0.25) is 0 Å². The van der Waals surface area contributed by atoms with Crippen molar-refractivity contribution in [2.75, 3.05) is 19.7 Å². The quantitative estimate of drug-likeness (QED) is 0.703. The van der Waals surface area contributed by atoms with Gasteiger partial charge < -0.3 is 15.4 Å². The van der Waals surface area contributed by atoms with Gasteiger partial charge in [-0.25, -0.2) is 4.68 Å². The lowest BCUT2D eigenvalue weighted by Crippen LogP contribution is -2.29. The van der Waals surface area contributed by atoms with Crippen LogP contribution in [0.4, 0.5) is 0 Å². The van der Waals surface area contributed by atoms with Gasteiger partial charge in [-0.3, -0.25) is 4.79 Å². The van der Waals surface area contributed by atoms with E-state index in [0.29, 0.717) is 30.8 Å². The zero-order valence-electron chi connectivity index (χ0n) is 16.6. The van der Waals surface area contributed by atoms with Gasteiger partial charge in [0.15, 0.2) is 5.69 Å². The van der Waals surface area contributed by atoms with Crippen LogP contribution in [0.15, 0.2) is 30.5 Å². The fourth-order valence-corrected chi connectivity index (χ4v) is 3.09. The molecule has 8 heteroatoms. The van der Waals surface area contributed by atoms with Gasteiger partial charge in [-0.05, 0) is 44.3 Å². The lowest BCUT2D eigenvalue weighted by molar-refractivity contribution is 0.0945. The van der Waals surface area contributed by atoms with E-state index in [1.807, 2.05) is 28.9 Å². The number of benzene rings is 1. The Labute approximate surface area is 172 Å². The Morgan fingerprint density at radius 1 is 1.32 bits per heavy atom. The van der Waals surface area contributed by atoms with Gasteiger partial charge in [-0.15, -0.1) is 17.5 Å². The normalized spacial score (nSPS) is 14.5. The zero-order chi connectivity index (χ0) is 19.1. The first-order chi connectivity index (χ1) is 13.1. The molecule has 0 spiro atoms. The van der Waals surface area contributed by atoms with Crippen molar-refractivity contribution < 1.29 is 9.53 Å². The molecule has 154 valence electrons. The second-order valence-corrected chi connectivity index (χ2v) is 7.39. The summed E-state index contributed by atoms with van der Waals surface area (Å²) >= 11 is 0. The van der Waals surface area contributed by atoms with Crippen molar-refractivity contribution in [3.63, 3.8) is 0 Å². The number of aromatic nitrogens is 3. The van der Waals surface area contributed by atoms with Crippen LogP contribution in [0.25, 0.3) is 0 Å². The van der Waals surface area contributed by atoms with Gasteiger partial charge in [0.25, 0.3) is 5.91 Å². The monoisotopic (exact) mass is 407 g/mol. The van der Waals surface area contributed by atoms with Crippen molar-refractivity contribution in [2.45, 2.75) is 45.7 Å². The van der Waals surface area contributed by atoms with E-state index < -0.39 is 0 Å². The second-order valence-electron chi connectivity index (χ2n) is 7.39. The number of para-hydroxylation sites is 1. The molecule has 0 radical (unpaired) electrons. The smallest absolute Gasteiger partial charge is 0.273 e. The summed E-state index contributed by atoms with van der Waals surface area (Å²) in [4.78, 5) is 12.4. The van der Waals surface area contributed by atoms with Crippen molar-refractivity contribution in [1.29, 1.82) is 0 Å². The van der Waals surface area contributed by atoms with Crippen molar-refractivity contribution in [1.82, 2.24) is 25.6 Å². The molecule has 0 saturated carbocycles. The number of halogens is 1. The molecule has 28 heavy (non-hydrogen) atoms. The number of nitrogens with one attached hydrogen (secondary N) is 2. The molecule has 1 saturated heterocycles. The minimum atomic E-state index is -0.216. The SMILES string of the molecule is CC(C)CCOc1ccccc1CNC(=O)c1cn(C2CCNCC2)nn1.Cl. The van der Waals surface area contributed by atoms with Crippen LogP contribution in [0.2, 0.25) is 0 Å².